The molecule has 1 aromatic carbocycles. The zero-order chi connectivity index (χ0) is 20.7. The molecule has 1 fully saturated rings. The van der Waals surface area contributed by atoms with E-state index in [1.54, 1.807) is 6.20 Å². The minimum atomic E-state index is -0.889. The third-order valence-electron chi connectivity index (χ3n) is 5.81. The summed E-state index contributed by atoms with van der Waals surface area (Å²) >= 11 is 0. The van der Waals surface area contributed by atoms with E-state index in [-0.39, 0.29) is 6.54 Å². The SMILES string of the molecule is Cc1ccc2nc(C3(NCC(=O)O)CCN(c4ncnc5[nH]ncc45)CC3)[nH]c2c1. The zero-order valence-corrected chi connectivity index (χ0v) is 16.5. The molecule has 0 saturated carbocycles. The van der Waals surface area contributed by atoms with Crippen molar-refractivity contribution < 1.29 is 9.90 Å². The maximum Gasteiger partial charge on any atom is 0.317 e. The summed E-state index contributed by atoms with van der Waals surface area (Å²) in [5.74, 6) is 0.723. The van der Waals surface area contributed by atoms with Gasteiger partial charge in [0.05, 0.1) is 34.7 Å². The van der Waals surface area contributed by atoms with E-state index >= 15 is 0 Å². The van der Waals surface area contributed by atoms with Crippen molar-refractivity contribution in [2.45, 2.75) is 25.3 Å². The molecule has 1 saturated heterocycles. The number of fused-ring (bicyclic) bond motifs is 2. The van der Waals surface area contributed by atoms with E-state index in [4.69, 9.17) is 4.98 Å². The molecule has 0 aliphatic carbocycles. The Morgan fingerprint density at radius 1 is 1.30 bits per heavy atom. The highest BCUT2D eigenvalue weighted by atomic mass is 16.4. The minimum Gasteiger partial charge on any atom is -0.480 e. The van der Waals surface area contributed by atoms with E-state index in [0.717, 1.165) is 33.6 Å². The number of rotatable bonds is 5. The molecule has 4 N–H and O–H groups in total. The number of benzene rings is 1. The second-order valence-electron chi connectivity index (χ2n) is 7.75. The number of aliphatic carboxylic acids is 1. The maximum atomic E-state index is 11.3. The summed E-state index contributed by atoms with van der Waals surface area (Å²) in [7, 11) is 0. The van der Waals surface area contributed by atoms with Crippen molar-refractivity contribution in [3.05, 3.63) is 42.1 Å². The van der Waals surface area contributed by atoms with E-state index in [9.17, 15) is 9.90 Å². The van der Waals surface area contributed by atoms with Gasteiger partial charge in [0.15, 0.2) is 5.65 Å². The fourth-order valence-electron chi connectivity index (χ4n) is 4.20. The van der Waals surface area contributed by atoms with Crippen molar-refractivity contribution in [2.24, 2.45) is 0 Å². The molecular weight excluding hydrogens is 384 g/mol. The van der Waals surface area contributed by atoms with E-state index in [2.05, 4.69) is 41.4 Å². The standard InChI is InChI=1S/C20H22N8O2/c1-12-2-3-14-15(8-12)26-19(25-14)20(23-10-16(29)30)4-6-28(7-5-20)18-13-9-24-27-17(13)21-11-22-18/h2-3,8-9,11,23H,4-7,10H2,1H3,(H,25,26)(H,29,30)(H,21,22,24,27). The summed E-state index contributed by atoms with van der Waals surface area (Å²) in [5.41, 5.74) is 3.14. The number of carbonyl (C=O) groups is 1. The van der Waals surface area contributed by atoms with Gasteiger partial charge < -0.3 is 15.0 Å². The third-order valence-corrected chi connectivity index (χ3v) is 5.81. The number of aromatic nitrogens is 6. The number of nitrogens with zero attached hydrogens (tertiary/aromatic N) is 5. The van der Waals surface area contributed by atoms with Gasteiger partial charge in [0.25, 0.3) is 0 Å². The topological polar surface area (TPSA) is 136 Å². The fourth-order valence-corrected chi connectivity index (χ4v) is 4.20. The Hall–Kier alpha value is -3.53. The number of aromatic amines is 2. The van der Waals surface area contributed by atoms with Gasteiger partial charge in [0.1, 0.15) is 18.0 Å². The number of carboxylic acids is 1. The second-order valence-corrected chi connectivity index (χ2v) is 7.75. The number of aryl methyl sites for hydroxylation is 1. The van der Waals surface area contributed by atoms with Gasteiger partial charge in [-0.05, 0) is 37.5 Å². The van der Waals surface area contributed by atoms with Crippen molar-refractivity contribution in [2.75, 3.05) is 24.5 Å². The number of imidazole rings is 1. The predicted octanol–water partition coefficient (Wildman–Crippen LogP) is 1.71. The van der Waals surface area contributed by atoms with Crippen LogP contribution in [0, 0.1) is 6.92 Å². The quantitative estimate of drug-likeness (QED) is 0.393. The molecule has 4 aromatic rings. The highest BCUT2D eigenvalue weighted by molar-refractivity contribution is 5.86. The number of H-pyrrole nitrogens is 2. The molecule has 3 aromatic heterocycles. The largest absolute Gasteiger partial charge is 0.480 e. The first-order valence-corrected chi connectivity index (χ1v) is 9.87. The normalized spacial score (nSPS) is 16.4. The van der Waals surface area contributed by atoms with Crippen LogP contribution in [0.1, 0.15) is 24.2 Å². The summed E-state index contributed by atoms with van der Waals surface area (Å²) in [4.78, 5) is 30.4. The van der Waals surface area contributed by atoms with Crippen molar-refractivity contribution in [3.63, 3.8) is 0 Å². The van der Waals surface area contributed by atoms with Crippen LogP contribution in [0.25, 0.3) is 22.1 Å². The molecule has 0 spiro atoms. The Morgan fingerprint density at radius 2 is 2.13 bits per heavy atom. The molecule has 0 bridgehead atoms. The van der Waals surface area contributed by atoms with Gasteiger partial charge in [-0.1, -0.05) is 6.07 Å². The average molecular weight is 406 g/mol. The molecule has 10 heteroatoms. The summed E-state index contributed by atoms with van der Waals surface area (Å²) in [6, 6.07) is 6.07. The average Bonchev–Trinajstić information content (AvgIpc) is 3.39. The van der Waals surface area contributed by atoms with Crippen LogP contribution in [-0.2, 0) is 10.3 Å². The Labute approximate surface area is 171 Å². The predicted molar refractivity (Wildman–Crippen MR) is 111 cm³/mol. The smallest absolute Gasteiger partial charge is 0.317 e. The first-order valence-electron chi connectivity index (χ1n) is 9.87. The number of anilines is 1. The van der Waals surface area contributed by atoms with E-state index < -0.39 is 11.5 Å². The number of hydrogen-bond donors (Lipinski definition) is 4. The molecule has 1 aliphatic heterocycles. The van der Waals surface area contributed by atoms with Crippen molar-refractivity contribution in [3.8, 4) is 0 Å². The van der Waals surface area contributed by atoms with E-state index in [1.165, 1.54) is 6.33 Å². The van der Waals surface area contributed by atoms with Crippen LogP contribution >= 0.6 is 0 Å². The van der Waals surface area contributed by atoms with Gasteiger partial charge >= 0.3 is 5.97 Å². The van der Waals surface area contributed by atoms with Crippen LogP contribution in [0.2, 0.25) is 0 Å². The fraction of sp³-hybridized carbons (Fsp3) is 0.350. The molecule has 30 heavy (non-hydrogen) atoms. The van der Waals surface area contributed by atoms with Crippen LogP contribution in [-0.4, -0.2) is 60.8 Å². The van der Waals surface area contributed by atoms with Crippen LogP contribution < -0.4 is 10.2 Å². The van der Waals surface area contributed by atoms with Crippen molar-refractivity contribution in [1.82, 2.24) is 35.5 Å². The van der Waals surface area contributed by atoms with Gasteiger partial charge in [-0.3, -0.25) is 15.2 Å². The third kappa shape index (κ3) is 3.14. The lowest BCUT2D eigenvalue weighted by molar-refractivity contribution is -0.136. The van der Waals surface area contributed by atoms with E-state index in [0.29, 0.717) is 31.6 Å². The Morgan fingerprint density at radius 3 is 2.93 bits per heavy atom. The highest BCUT2D eigenvalue weighted by Gasteiger charge is 2.39. The van der Waals surface area contributed by atoms with Crippen molar-refractivity contribution in [1.29, 1.82) is 0 Å². The highest BCUT2D eigenvalue weighted by Crippen LogP contribution is 2.35. The number of piperidine rings is 1. The molecule has 0 amide bonds. The molecule has 0 unspecified atom stereocenters. The Kier molecular flexibility index (Phi) is 4.35. The van der Waals surface area contributed by atoms with Gasteiger partial charge in [0, 0.05) is 13.1 Å². The lowest BCUT2D eigenvalue weighted by atomic mass is 9.86. The van der Waals surface area contributed by atoms with Crippen molar-refractivity contribution >= 4 is 33.9 Å². The second kappa shape index (κ2) is 7.06. The summed E-state index contributed by atoms with van der Waals surface area (Å²) in [6.45, 7) is 3.30. The minimum absolute atomic E-state index is 0.129. The summed E-state index contributed by atoms with van der Waals surface area (Å²) in [5, 5.41) is 20.4. The Bertz CT molecular complexity index is 1220. The summed E-state index contributed by atoms with van der Waals surface area (Å²) < 4.78 is 0. The van der Waals surface area contributed by atoms with Gasteiger partial charge in [-0.25, -0.2) is 15.0 Å². The summed E-state index contributed by atoms with van der Waals surface area (Å²) in [6.07, 6.45) is 4.63. The van der Waals surface area contributed by atoms with Gasteiger partial charge in [-0.15, -0.1) is 0 Å². The first-order chi connectivity index (χ1) is 14.5. The molecule has 1 aliphatic rings. The molecular formula is C20H22N8O2. The molecule has 0 radical (unpaired) electrons. The molecule has 0 atom stereocenters. The van der Waals surface area contributed by atoms with E-state index in [1.807, 2.05) is 19.1 Å². The van der Waals surface area contributed by atoms with Gasteiger partial charge in [-0.2, -0.15) is 5.10 Å². The lowest BCUT2D eigenvalue weighted by Gasteiger charge is -2.41. The molecule has 154 valence electrons. The molecule has 10 nitrogen and oxygen atoms in total. The van der Waals surface area contributed by atoms with Crippen LogP contribution in [0.15, 0.2) is 30.7 Å². The zero-order valence-electron chi connectivity index (χ0n) is 16.5. The van der Waals surface area contributed by atoms with Crippen LogP contribution in [0.3, 0.4) is 0 Å². The number of nitrogens with one attached hydrogen (secondary N) is 3. The number of carboxylic acid groups (broad SMARTS) is 1. The molecule has 4 heterocycles. The number of hydrogen-bond acceptors (Lipinski definition) is 7. The maximum absolute atomic E-state index is 11.3. The van der Waals surface area contributed by atoms with Crippen LogP contribution in [0.5, 0.6) is 0 Å². The Balaban J connectivity index is 1.46. The van der Waals surface area contributed by atoms with Gasteiger partial charge in [0.2, 0.25) is 0 Å². The molecule has 5 rings (SSSR count). The van der Waals surface area contributed by atoms with Crippen LogP contribution in [0.4, 0.5) is 5.82 Å². The first kappa shape index (κ1) is 18.5. The lowest BCUT2D eigenvalue weighted by Crippen LogP contribution is -2.53. The monoisotopic (exact) mass is 406 g/mol.